The Hall–Kier alpha value is -2.40. The third-order valence-electron chi connectivity index (χ3n) is 2.57. The van der Waals surface area contributed by atoms with Crippen molar-refractivity contribution in [2.45, 2.75) is 6.42 Å². The fourth-order valence-corrected chi connectivity index (χ4v) is 1.67. The molecule has 5 nitrogen and oxygen atoms in total. The van der Waals surface area contributed by atoms with Crippen molar-refractivity contribution < 1.29 is 14.6 Å². The Bertz CT molecular complexity index is 584. The maximum atomic E-state index is 11.0. The van der Waals surface area contributed by atoms with Crippen LogP contribution in [0.15, 0.2) is 42.6 Å². The fraction of sp³-hybridized carbons (Fsp3) is 0.143. The van der Waals surface area contributed by atoms with E-state index in [4.69, 9.17) is 15.6 Å². The van der Waals surface area contributed by atoms with Gasteiger partial charge in [0.05, 0.1) is 0 Å². The van der Waals surface area contributed by atoms with Gasteiger partial charge in [0.15, 0.2) is 0 Å². The molecule has 0 aliphatic heterocycles. The molecule has 98 valence electrons. The Balaban J connectivity index is 2.26. The molecule has 0 atom stereocenters. The van der Waals surface area contributed by atoms with E-state index in [0.29, 0.717) is 17.9 Å². The first kappa shape index (κ1) is 13.0. The average Bonchev–Trinajstić information content (AvgIpc) is 2.41. The maximum Gasteiger partial charge on any atom is 0.267 e. The molecule has 2 rings (SSSR count). The monoisotopic (exact) mass is 258 g/mol. The number of benzene rings is 1. The molecule has 0 spiro atoms. The zero-order valence-corrected chi connectivity index (χ0v) is 10.2. The summed E-state index contributed by atoms with van der Waals surface area (Å²) in [6.07, 6.45) is 1.97. The molecular weight excluding hydrogens is 244 g/mol. The van der Waals surface area contributed by atoms with Gasteiger partial charge in [0, 0.05) is 18.9 Å². The largest absolute Gasteiger partial charge is 0.457 e. The van der Waals surface area contributed by atoms with Crippen molar-refractivity contribution in [1.82, 2.24) is 4.98 Å². The SMILES string of the molecule is NC(=O)c1cc(Oc2ccccc2CCO)ccn1. The van der Waals surface area contributed by atoms with Crippen LogP contribution in [0, 0.1) is 0 Å². The van der Waals surface area contributed by atoms with Crippen molar-refractivity contribution >= 4 is 5.91 Å². The topological polar surface area (TPSA) is 85.4 Å². The van der Waals surface area contributed by atoms with Gasteiger partial charge in [-0.05, 0) is 24.1 Å². The van der Waals surface area contributed by atoms with Gasteiger partial charge >= 0.3 is 0 Å². The zero-order valence-electron chi connectivity index (χ0n) is 10.2. The number of carbonyl (C=O) groups excluding carboxylic acids is 1. The second kappa shape index (κ2) is 5.97. The maximum absolute atomic E-state index is 11.0. The molecule has 0 bridgehead atoms. The number of para-hydroxylation sites is 1. The highest BCUT2D eigenvalue weighted by Gasteiger charge is 2.07. The second-order valence-electron chi connectivity index (χ2n) is 3.92. The van der Waals surface area contributed by atoms with Crippen LogP contribution in [0.25, 0.3) is 0 Å². The first-order valence-corrected chi connectivity index (χ1v) is 5.83. The van der Waals surface area contributed by atoms with Crippen LogP contribution in [0.3, 0.4) is 0 Å². The van der Waals surface area contributed by atoms with Crippen molar-refractivity contribution in [2.24, 2.45) is 5.73 Å². The van der Waals surface area contributed by atoms with Crippen LogP contribution < -0.4 is 10.5 Å². The van der Waals surface area contributed by atoms with E-state index in [1.807, 2.05) is 18.2 Å². The molecule has 0 aliphatic rings. The van der Waals surface area contributed by atoms with E-state index in [1.54, 1.807) is 12.1 Å². The van der Waals surface area contributed by atoms with Crippen LogP contribution in [-0.4, -0.2) is 22.6 Å². The number of amides is 1. The predicted octanol–water partition coefficient (Wildman–Crippen LogP) is 1.51. The summed E-state index contributed by atoms with van der Waals surface area (Å²) in [6.45, 7) is 0.0449. The van der Waals surface area contributed by atoms with E-state index in [2.05, 4.69) is 4.98 Å². The van der Waals surface area contributed by atoms with Crippen LogP contribution in [0.2, 0.25) is 0 Å². The Kier molecular flexibility index (Phi) is 4.10. The van der Waals surface area contributed by atoms with Crippen LogP contribution >= 0.6 is 0 Å². The number of ether oxygens (including phenoxy) is 1. The van der Waals surface area contributed by atoms with Gasteiger partial charge < -0.3 is 15.6 Å². The quantitative estimate of drug-likeness (QED) is 0.851. The van der Waals surface area contributed by atoms with E-state index in [1.165, 1.54) is 12.3 Å². The van der Waals surface area contributed by atoms with E-state index < -0.39 is 5.91 Å². The Morgan fingerprint density at radius 3 is 2.84 bits per heavy atom. The lowest BCUT2D eigenvalue weighted by atomic mass is 10.1. The summed E-state index contributed by atoms with van der Waals surface area (Å²) in [4.78, 5) is 14.9. The van der Waals surface area contributed by atoms with Gasteiger partial charge in [0.1, 0.15) is 17.2 Å². The highest BCUT2D eigenvalue weighted by Crippen LogP contribution is 2.25. The minimum atomic E-state index is -0.603. The molecule has 0 fully saturated rings. The average molecular weight is 258 g/mol. The summed E-state index contributed by atoms with van der Waals surface area (Å²) in [7, 11) is 0. The summed E-state index contributed by atoms with van der Waals surface area (Å²) in [5.74, 6) is 0.515. The Morgan fingerprint density at radius 1 is 1.32 bits per heavy atom. The number of aromatic nitrogens is 1. The molecule has 2 aromatic rings. The van der Waals surface area contributed by atoms with E-state index in [0.717, 1.165) is 5.56 Å². The number of hydrogen-bond acceptors (Lipinski definition) is 4. The molecule has 1 heterocycles. The predicted molar refractivity (Wildman–Crippen MR) is 70.1 cm³/mol. The molecule has 0 radical (unpaired) electrons. The number of aliphatic hydroxyl groups is 1. The second-order valence-corrected chi connectivity index (χ2v) is 3.92. The lowest BCUT2D eigenvalue weighted by molar-refractivity contribution is 0.0995. The van der Waals surface area contributed by atoms with Crippen LogP contribution in [0.1, 0.15) is 16.1 Å². The number of nitrogens with zero attached hydrogens (tertiary/aromatic N) is 1. The number of primary amides is 1. The molecule has 0 saturated heterocycles. The molecule has 0 aliphatic carbocycles. The molecule has 5 heteroatoms. The third kappa shape index (κ3) is 3.29. The molecule has 3 N–H and O–H groups in total. The lowest BCUT2D eigenvalue weighted by Crippen LogP contribution is -2.12. The number of hydrogen-bond donors (Lipinski definition) is 2. The van der Waals surface area contributed by atoms with Crippen molar-refractivity contribution in [3.05, 3.63) is 53.9 Å². The summed E-state index contributed by atoms with van der Waals surface area (Å²) < 4.78 is 5.69. The van der Waals surface area contributed by atoms with E-state index in [9.17, 15) is 4.79 Å². The van der Waals surface area contributed by atoms with Gasteiger partial charge in [0.25, 0.3) is 5.91 Å². The van der Waals surface area contributed by atoms with Crippen LogP contribution in [0.5, 0.6) is 11.5 Å². The van der Waals surface area contributed by atoms with Crippen molar-refractivity contribution in [3.8, 4) is 11.5 Å². The molecule has 1 aromatic heterocycles. The minimum absolute atomic E-state index is 0.0449. The van der Waals surface area contributed by atoms with Crippen LogP contribution in [0.4, 0.5) is 0 Å². The molecule has 19 heavy (non-hydrogen) atoms. The van der Waals surface area contributed by atoms with Gasteiger partial charge in [-0.1, -0.05) is 18.2 Å². The normalized spacial score (nSPS) is 10.2. The molecule has 0 unspecified atom stereocenters. The summed E-state index contributed by atoms with van der Waals surface area (Å²) in [6, 6.07) is 10.5. The van der Waals surface area contributed by atoms with Crippen molar-refractivity contribution in [1.29, 1.82) is 0 Å². The Morgan fingerprint density at radius 2 is 2.11 bits per heavy atom. The summed E-state index contributed by atoms with van der Waals surface area (Å²) >= 11 is 0. The molecule has 0 saturated carbocycles. The number of pyridine rings is 1. The number of rotatable bonds is 5. The minimum Gasteiger partial charge on any atom is -0.457 e. The van der Waals surface area contributed by atoms with E-state index in [-0.39, 0.29) is 12.3 Å². The van der Waals surface area contributed by atoms with Crippen molar-refractivity contribution in [3.63, 3.8) is 0 Å². The Labute approximate surface area is 110 Å². The smallest absolute Gasteiger partial charge is 0.267 e. The number of nitrogens with two attached hydrogens (primary N) is 1. The van der Waals surface area contributed by atoms with Gasteiger partial charge in [0.2, 0.25) is 0 Å². The summed E-state index contributed by atoms with van der Waals surface area (Å²) in [5.41, 5.74) is 6.20. The van der Waals surface area contributed by atoms with Gasteiger partial charge in [-0.25, -0.2) is 0 Å². The number of carbonyl (C=O) groups is 1. The first-order chi connectivity index (χ1) is 9.20. The third-order valence-corrected chi connectivity index (χ3v) is 2.57. The lowest BCUT2D eigenvalue weighted by Gasteiger charge is -2.10. The van der Waals surface area contributed by atoms with Gasteiger partial charge in [-0.2, -0.15) is 0 Å². The van der Waals surface area contributed by atoms with Crippen molar-refractivity contribution in [2.75, 3.05) is 6.61 Å². The highest BCUT2D eigenvalue weighted by molar-refractivity contribution is 5.91. The zero-order chi connectivity index (χ0) is 13.7. The molecule has 1 amide bonds. The molecule has 1 aromatic carbocycles. The van der Waals surface area contributed by atoms with Gasteiger partial charge in [-0.3, -0.25) is 9.78 Å². The highest BCUT2D eigenvalue weighted by atomic mass is 16.5. The first-order valence-electron chi connectivity index (χ1n) is 5.83. The van der Waals surface area contributed by atoms with E-state index >= 15 is 0 Å². The van der Waals surface area contributed by atoms with Gasteiger partial charge in [-0.15, -0.1) is 0 Å². The summed E-state index contributed by atoms with van der Waals surface area (Å²) in [5, 5.41) is 9.00. The fourth-order valence-electron chi connectivity index (χ4n) is 1.67. The standard InChI is InChI=1S/C14H14N2O3/c15-14(18)12-9-11(5-7-16-12)19-13-4-2-1-3-10(13)6-8-17/h1-5,7,9,17H,6,8H2,(H2,15,18). The molecular formula is C14H14N2O3. The van der Waals surface area contributed by atoms with Crippen LogP contribution in [-0.2, 0) is 6.42 Å². The number of aliphatic hydroxyl groups excluding tert-OH is 1.